The van der Waals surface area contributed by atoms with Crippen LogP contribution < -0.4 is 5.32 Å². The molecular weight excluding hydrogens is 226 g/mol. The maximum atomic E-state index is 11.7. The molecule has 0 atom stereocenters. The fourth-order valence-corrected chi connectivity index (χ4v) is 2.61. The van der Waals surface area contributed by atoms with Crippen LogP contribution in [0.1, 0.15) is 66.2 Å². The lowest BCUT2D eigenvalue weighted by molar-refractivity contribution is -0.124. The summed E-state index contributed by atoms with van der Waals surface area (Å²) in [4.78, 5) is 11.7. The zero-order valence-electron chi connectivity index (χ0n) is 12.4. The van der Waals surface area contributed by atoms with Gasteiger partial charge in [0.1, 0.15) is 0 Å². The molecule has 2 N–H and O–H groups in total. The molecule has 1 amide bonds. The second-order valence-corrected chi connectivity index (χ2v) is 7.09. The van der Waals surface area contributed by atoms with Crippen molar-refractivity contribution in [2.75, 3.05) is 6.54 Å². The molecular formula is C15H29NO2. The highest BCUT2D eigenvalue weighted by atomic mass is 16.3. The average Bonchev–Trinajstić information content (AvgIpc) is 2.26. The first-order valence-electron chi connectivity index (χ1n) is 7.23. The minimum absolute atomic E-state index is 0.00652. The molecule has 1 aliphatic carbocycles. The lowest BCUT2D eigenvalue weighted by Crippen LogP contribution is -2.45. The Morgan fingerprint density at radius 1 is 1.33 bits per heavy atom. The smallest absolute Gasteiger partial charge is 0.220 e. The van der Waals surface area contributed by atoms with Crippen molar-refractivity contribution >= 4 is 5.91 Å². The number of carbonyl (C=O) groups is 1. The van der Waals surface area contributed by atoms with Gasteiger partial charge in [0.15, 0.2) is 0 Å². The molecule has 0 aliphatic heterocycles. The third-order valence-electron chi connectivity index (χ3n) is 3.92. The summed E-state index contributed by atoms with van der Waals surface area (Å²) in [6.45, 7) is 8.77. The molecule has 3 heteroatoms. The van der Waals surface area contributed by atoms with Crippen molar-refractivity contribution < 1.29 is 9.90 Å². The van der Waals surface area contributed by atoms with E-state index in [1.165, 1.54) is 6.42 Å². The van der Waals surface area contributed by atoms with E-state index >= 15 is 0 Å². The summed E-state index contributed by atoms with van der Waals surface area (Å²) in [6, 6.07) is 0. The van der Waals surface area contributed by atoms with Gasteiger partial charge in [-0.2, -0.15) is 0 Å². The van der Waals surface area contributed by atoms with E-state index in [2.05, 4.69) is 12.2 Å². The van der Waals surface area contributed by atoms with E-state index < -0.39 is 5.60 Å². The van der Waals surface area contributed by atoms with E-state index in [0.717, 1.165) is 31.6 Å². The predicted octanol–water partition coefficient (Wildman–Crippen LogP) is 2.87. The number of nitrogens with one attached hydrogen (secondary N) is 1. The van der Waals surface area contributed by atoms with Crippen molar-refractivity contribution in [3.63, 3.8) is 0 Å². The van der Waals surface area contributed by atoms with Crippen LogP contribution in [-0.4, -0.2) is 23.2 Å². The van der Waals surface area contributed by atoms with Crippen LogP contribution in [0.4, 0.5) is 0 Å². The largest absolute Gasteiger partial charge is 0.388 e. The van der Waals surface area contributed by atoms with Gasteiger partial charge in [0.2, 0.25) is 5.91 Å². The zero-order valence-corrected chi connectivity index (χ0v) is 12.4. The van der Waals surface area contributed by atoms with Crippen LogP contribution in [-0.2, 0) is 4.79 Å². The van der Waals surface area contributed by atoms with Gasteiger partial charge in [-0.25, -0.2) is 0 Å². The van der Waals surface area contributed by atoms with Crippen LogP contribution in [0.5, 0.6) is 0 Å². The van der Waals surface area contributed by atoms with Gasteiger partial charge in [-0.15, -0.1) is 0 Å². The van der Waals surface area contributed by atoms with E-state index in [4.69, 9.17) is 0 Å². The molecule has 0 heterocycles. The number of hydrogen-bond acceptors (Lipinski definition) is 2. The Labute approximate surface area is 111 Å². The molecule has 0 radical (unpaired) electrons. The van der Waals surface area contributed by atoms with Gasteiger partial charge >= 0.3 is 0 Å². The quantitative estimate of drug-likeness (QED) is 0.811. The van der Waals surface area contributed by atoms with Crippen LogP contribution in [0.3, 0.4) is 0 Å². The first-order chi connectivity index (χ1) is 8.24. The maximum absolute atomic E-state index is 11.7. The van der Waals surface area contributed by atoms with Crippen LogP contribution in [0.15, 0.2) is 0 Å². The Morgan fingerprint density at radius 2 is 1.89 bits per heavy atom. The standard InChI is InChI=1S/C15H29NO2/c1-5-12-6-8-15(18,9-7-12)11-16-13(17)10-14(2,3)4/h12,18H,5-11H2,1-4H3,(H,16,17). The Balaban J connectivity index is 2.32. The Bertz CT molecular complexity index is 273. The Hall–Kier alpha value is -0.570. The highest BCUT2D eigenvalue weighted by Crippen LogP contribution is 2.33. The molecule has 0 aromatic carbocycles. The Morgan fingerprint density at radius 3 is 2.33 bits per heavy atom. The summed E-state index contributed by atoms with van der Waals surface area (Å²) < 4.78 is 0. The molecule has 0 aromatic rings. The number of aliphatic hydroxyl groups is 1. The minimum Gasteiger partial charge on any atom is -0.388 e. The number of rotatable bonds is 4. The number of carbonyl (C=O) groups excluding carboxylic acids is 1. The summed E-state index contributed by atoms with van der Waals surface area (Å²) in [5.41, 5.74) is -0.661. The maximum Gasteiger partial charge on any atom is 0.220 e. The van der Waals surface area contributed by atoms with Crippen LogP contribution in [0, 0.1) is 11.3 Å². The third-order valence-corrected chi connectivity index (χ3v) is 3.92. The van der Waals surface area contributed by atoms with Gasteiger partial charge in [-0.3, -0.25) is 4.79 Å². The van der Waals surface area contributed by atoms with Gasteiger partial charge < -0.3 is 10.4 Å². The topological polar surface area (TPSA) is 49.3 Å². The van der Waals surface area contributed by atoms with Crippen LogP contribution in [0.2, 0.25) is 0 Å². The van der Waals surface area contributed by atoms with E-state index in [1.807, 2.05) is 20.8 Å². The molecule has 1 aliphatic rings. The summed E-state index contributed by atoms with van der Waals surface area (Å²) in [5, 5.41) is 13.3. The second kappa shape index (κ2) is 6.05. The van der Waals surface area contributed by atoms with Crippen molar-refractivity contribution in [3.05, 3.63) is 0 Å². The lowest BCUT2D eigenvalue weighted by atomic mass is 9.78. The van der Waals surface area contributed by atoms with Gasteiger partial charge in [-0.05, 0) is 37.0 Å². The lowest BCUT2D eigenvalue weighted by Gasteiger charge is -2.36. The highest BCUT2D eigenvalue weighted by Gasteiger charge is 2.33. The fraction of sp³-hybridized carbons (Fsp3) is 0.933. The number of amides is 1. The first kappa shape index (κ1) is 15.5. The van der Waals surface area contributed by atoms with E-state index in [-0.39, 0.29) is 11.3 Å². The number of hydrogen-bond donors (Lipinski definition) is 2. The second-order valence-electron chi connectivity index (χ2n) is 7.09. The monoisotopic (exact) mass is 255 g/mol. The molecule has 18 heavy (non-hydrogen) atoms. The average molecular weight is 255 g/mol. The molecule has 0 spiro atoms. The van der Waals surface area contributed by atoms with E-state index in [1.54, 1.807) is 0 Å². The zero-order chi connectivity index (χ0) is 13.8. The molecule has 1 saturated carbocycles. The van der Waals surface area contributed by atoms with Crippen molar-refractivity contribution in [2.24, 2.45) is 11.3 Å². The summed E-state index contributed by atoms with van der Waals surface area (Å²) in [6.07, 6.45) is 5.53. The fourth-order valence-electron chi connectivity index (χ4n) is 2.61. The van der Waals surface area contributed by atoms with E-state index in [0.29, 0.717) is 13.0 Å². The summed E-state index contributed by atoms with van der Waals surface area (Å²) >= 11 is 0. The van der Waals surface area contributed by atoms with Gasteiger partial charge in [0, 0.05) is 13.0 Å². The molecule has 1 rings (SSSR count). The first-order valence-corrected chi connectivity index (χ1v) is 7.23. The SMILES string of the molecule is CCC1CCC(O)(CNC(=O)CC(C)(C)C)CC1. The normalized spacial score (nSPS) is 29.1. The molecule has 0 bridgehead atoms. The summed E-state index contributed by atoms with van der Waals surface area (Å²) in [5.74, 6) is 0.809. The van der Waals surface area contributed by atoms with Gasteiger partial charge in [0.05, 0.1) is 5.60 Å². The van der Waals surface area contributed by atoms with Crippen LogP contribution in [0.25, 0.3) is 0 Å². The molecule has 0 aromatic heterocycles. The molecule has 1 fully saturated rings. The summed E-state index contributed by atoms with van der Waals surface area (Å²) in [7, 11) is 0. The van der Waals surface area contributed by atoms with Crippen LogP contribution >= 0.6 is 0 Å². The third kappa shape index (κ3) is 5.38. The van der Waals surface area contributed by atoms with Crippen molar-refractivity contribution in [1.29, 1.82) is 0 Å². The Kier molecular flexibility index (Phi) is 5.20. The highest BCUT2D eigenvalue weighted by molar-refractivity contribution is 5.76. The van der Waals surface area contributed by atoms with Crippen molar-refractivity contribution in [3.8, 4) is 0 Å². The minimum atomic E-state index is -0.667. The van der Waals surface area contributed by atoms with E-state index in [9.17, 15) is 9.90 Å². The molecule has 0 saturated heterocycles. The molecule has 106 valence electrons. The van der Waals surface area contributed by atoms with Crippen molar-refractivity contribution in [2.45, 2.75) is 71.8 Å². The molecule has 0 unspecified atom stereocenters. The predicted molar refractivity (Wildman–Crippen MR) is 74.3 cm³/mol. The molecule has 3 nitrogen and oxygen atoms in total. The van der Waals surface area contributed by atoms with Gasteiger partial charge in [-0.1, -0.05) is 34.1 Å². The van der Waals surface area contributed by atoms with Gasteiger partial charge in [0.25, 0.3) is 0 Å². The van der Waals surface area contributed by atoms with Crippen molar-refractivity contribution in [1.82, 2.24) is 5.32 Å².